The summed E-state index contributed by atoms with van der Waals surface area (Å²) in [7, 11) is 0. The fourth-order valence-electron chi connectivity index (χ4n) is 2.15. The van der Waals surface area contributed by atoms with Crippen molar-refractivity contribution >= 4 is 6.09 Å². The first-order valence-corrected chi connectivity index (χ1v) is 7.21. The maximum absolute atomic E-state index is 12.2. The molecule has 0 saturated carbocycles. The Hall–Kier alpha value is -1.07. The Morgan fingerprint density at radius 1 is 1.60 bits per heavy atom. The molecule has 116 valence electrons. The molecule has 1 amide bonds. The first-order chi connectivity index (χ1) is 9.35. The molecule has 20 heavy (non-hydrogen) atoms. The van der Waals surface area contributed by atoms with Crippen LogP contribution in [-0.4, -0.2) is 53.6 Å². The molecule has 0 aromatic heterocycles. The highest BCUT2D eigenvalue weighted by Gasteiger charge is 2.34. The molecule has 0 aromatic rings. The molecule has 5 heteroatoms. The van der Waals surface area contributed by atoms with E-state index < -0.39 is 11.7 Å². The molecule has 5 nitrogen and oxygen atoms in total. The lowest BCUT2D eigenvalue weighted by Crippen LogP contribution is -2.55. The number of morpholine rings is 1. The van der Waals surface area contributed by atoms with E-state index in [1.54, 1.807) is 4.90 Å². The largest absolute Gasteiger partial charge is 0.444 e. The summed E-state index contributed by atoms with van der Waals surface area (Å²) in [4.78, 5) is 13.8. The van der Waals surface area contributed by atoms with E-state index in [1.807, 2.05) is 26.8 Å². The second-order valence-corrected chi connectivity index (χ2v) is 6.10. The molecular weight excluding hydrogens is 258 g/mol. The van der Waals surface area contributed by atoms with Crippen LogP contribution in [-0.2, 0) is 9.47 Å². The first-order valence-electron chi connectivity index (χ1n) is 7.21. The van der Waals surface area contributed by atoms with E-state index in [4.69, 9.17) is 9.47 Å². The normalized spacial score (nSPS) is 21.4. The zero-order chi connectivity index (χ0) is 15.2. The Bertz CT molecular complexity index is 324. The minimum atomic E-state index is -0.595. The van der Waals surface area contributed by atoms with Gasteiger partial charge in [-0.15, -0.1) is 6.58 Å². The van der Waals surface area contributed by atoms with E-state index in [0.29, 0.717) is 26.2 Å². The van der Waals surface area contributed by atoms with Crippen molar-refractivity contribution in [2.75, 3.05) is 19.8 Å². The van der Waals surface area contributed by atoms with E-state index in [2.05, 4.69) is 6.58 Å². The Balaban J connectivity index is 2.61. The average Bonchev–Trinajstić information content (AvgIpc) is 2.37. The van der Waals surface area contributed by atoms with Crippen molar-refractivity contribution in [1.29, 1.82) is 0 Å². The third kappa shape index (κ3) is 5.51. The maximum Gasteiger partial charge on any atom is 0.410 e. The Kier molecular flexibility index (Phi) is 6.49. The van der Waals surface area contributed by atoms with Crippen LogP contribution in [0.3, 0.4) is 0 Å². The zero-order valence-electron chi connectivity index (χ0n) is 12.8. The van der Waals surface area contributed by atoms with Gasteiger partial charge < -0.3 is 14.6 Å². The van der Waals surface area contributed by atoms with E-state index in [9.17, 15) is 9.90 Å². The molecule has 2 atom stereocenters. The minimum absolute atomic E-state index is 0.330. The lowest BCUT2D eigenvalue weighted by molar-refractivity contribution is -0.0679. The van der Waals surface area contributed by atoms with Gasteiger partial charge in [-0.1, -0.05) is 6.08 Å². The Morgan fingerprint density at radius 2 is 2.30 bits per heavy atom. The van der Waals surface area contributed by atoms with Crippen molar-refractivity contribution in [2.45, 2.75) is 57.8 Å². The molecule has 0 spiro atoms. The van der Waals surface area contributed by atoms with E-state index in [-0.39, 0.29) is 12.1 Å². The summed E-state index contributed by atoms with van der Waals surface area (Å²) in [5.41, 5.74) is -0.534. The molecule has 1 heterocycles. The predicted octanol–water partition coefficient (Wildman–Crippen LogP) is 2.34. The smallest absolute Gasteiger partial charge is 0.410 e. The van der Waals surface area contributed by atoms with Gasteiger partial charge in [-0.2, -0.15) is 0 Å². The van der Waals surface area contributed by atoms with Gasteiger partial charge in [0.05, 0.1) is 25.4 Å². The maximum atomic E-state index is 12.2. The number of ether oxygens (including phenoxy) is 2. The van der Waals surface area contributed by atoms with Crippen LogP contribution < -0.4 is 0 Å². The average molecular weight is 285 g/mol. The summed E-state index contributed by atoms with van der Waals surface area (Å²) in [6.45, 7) is 10.5. The first kappa shape index (κ1) is 17.0. The van der Waals surface area contributed by atoms with Crippen LogP contribution in [0.25, 0.3) is 0 Å². The number of allylic oxidation sites excluding steroid dienone is 1. The SMILES string of the molecule is C=CCCCC(O)C1COCCN1C(=O)OC(C)(C)C. The van der Waals surface area contributed by atoms with Crippen LogP contribution in [0, 0.1) is 0 Å². The summed E-state index contributed by atoms with van der Waals surface area (Å²) >= 11 is 0. The molecule has 0 radical (unpaired) electrons. The fourth-order valence-corrected chi connectivity index (χ4v) is 2.15. The molecule has 0 bridgehead atoms. The van der Waals surface area contributed by atoms with Gasteiger partial charge in [0, 0.05) is 6.54 Å². The Labute approximate surface area is 121 Å². The number of hydrogen-bond donors (Lipinski definition) is 1. The van der Waals surface area contributed by atoms with Gasteiger partial charge in [0.25, 0.3) is 0 Å². The van der Waals surface area contributed by atoms with Crippen molar-refractivity contribution < 1.29 is 19.4 Å². The van der Waals surface area contributed by atoms with Crippen LogP contribution in [0.15, 0.2) is 12.7 Å². The predicted molar refractivity (Wildman–Crippen MR) is 77.6 cm³/mol. The van der Waals surface area contributed by atoms with Crippen molar-refractivity contribution in [1.82, 2.24) is 4.90 Å². The number of aliphatic hydroxyl groups excluding tert-OH is 1. The lowest BCUT2D eigenvalue weighted by atomic mass is 10.0. The van der Waals surface area contributed by atoms with Gasteiger partial charge in [0.2, 0.25) is 0 Å². The van der Waals surface area contributed by atoms with Gasteiger partial charge in [-0.3, -0.25) is 4.90 Å². The molecule has 1 aliphatic heterocycles. The number of aliphatic hydroxyl groups is 1. The molecule has 1 fully saturated rings. The monoisotopic (exact) mass is 285 g/mol. The molecule has 0 aromatic carbocycles. The van der Waals surface area contributed by atoms with Gasteiger partial charge in [0.1, 0.15) is 5.60 Å². The summed E-state index contributed by atoms with van der Waals surface area (Å²) < 4.78 is 10.8. The van der Waals surface area contributed by atoms with Crippen LogP contribution >= 0.6 is 0 Å². The van der Waals surface area contributed by atoms with Gasteiger partial charge >= 0.3 is 6.09 Å². The molecule has 2 unspecified atom stereocenters. The van der Waals surface area contributed by atoms with Crippen LogP contribution in [0.2, 0.25) is 0 Å². The number of nitrogens with zero attached hydrogens (tertiary/aromatic N) is 1. The van der Waals surface area contributed by atoms with Gasteiger partial charge in [0.15, 0.2) is 0 Å². The standard InChI is InChI=1S/C15H27NO4/c1-5-6-7-8-13(17)12-11-19-10-9-16(12)14(18)20-15(2,3)4/h5,12-13,17H,1,6-11H2,2-4H3. The number of unbranched alkanes of at least 4 members (excludes halogenated alkanes) is 1. The van der Waals surface area contributed by atoms with Crippen molar-refractivity contribution in [3.8, 4) is 0 Å². The second kappa shape index (κ2) is 7.64. The second-order valence-electron chi connectivity index (χ2n) is 6.10. The third-order valence-corrected chi connectivity index (χ3v) is 3.15. The van der Waals surface area contributed by atoms with E-state index >= 15 is 0 Å². The number of carbonyl (C=O) groups is 1. The molecule has 0 aliphatic carbocycles. The number of carbonyl (C=O) groups excluding carboxylic acids is 1. The Morgan fingerprint density at radius 3 is 2.90 bits per heavy atom. The fraction of sp³-hybridized carbons (Fsp3) is 0.800. The summed E-state index contributed by atoms with van der Waals surface area (Å²) in [5, 5.41) is 10.3. The molecule has 1 aliphatic rings. The molecule has 1 saturated heterocycles. The molecule has 1 rings (SSSR count). The summed E-state index contributed by atoms with van der Waals surface area (Å²) in [6.07, 6.45) is 3.19. The topological polar surface area (TPSA) is 59.0 Å². The van der Waals surface area contributed by atoms with Crippen molar-refractivity contribution in [2.24, 2.45) is 0 Å². The third-order valence-electron chi connectivity index (χ3n) is 3.15. The summed E-state index contributed by atoms with van der Waals surface area (Å²) in [5.74, 6) is 0. The van der Waals surface area contributed by atoms with Gasteiger partial charge in [-0.05, 0) is 40.0 Å². The number of rotatable bonds is 5. The van der Waals surface area contributed by atoms with Crippen LogP contribution in [0.1, 0.15) is 40.0 Å². The number of amides is 1. The molecule has 1 N–H and O–H groups in total. The van der Waals surface area contributed by atoms with E-state index in [0.717, 1.165) is 12.8 Å². The number of hydrogen-bond acceptors (Lipinski definition) is 4. The van der Waals surface area contributed by atoms with E-state index in [1.165, 1.54) is 0 Å². The molecular formula is C15H27NO4. The van der Waals surface area contributed by atoms with Crippen LogP contribution in [0.4, 0.5) is 4.79 Å². The highest BCUT2D eigenvalue weighted by Crippen LogP contribution is 2.19. The van der Waals surface area contributed by atoms with Crippen LogP contribution in [0.5, 0.6) is 0 Å². The van der Waals surface area contributed by atoms with Crippen molar-refractivity contribution in [3.63, 3.8) is 0 Å². The zero-order valence-corrected chi connectivity index (χ0v) is 12.8. The lowest BCUT2D eigenvalue weighted by Gasteiger charge is -2.38. The minimum Gasteiger partial charge on any atom is -0.444 e. The highest BCUT2D eigenvalue weighted by atomic mass is 16.6. The summed E-state index contributed by atoms with van der Waals surface area (Å²) in [6, 6.07) is -0.330. The van der Waals surface area contributed by atoms with Gasteiger partial charge in [-0.25, -0.2) is 4.79 Å². The van der Waals surface area contributed by atoms with Crippen molar-refractivity contribution in [3.05, 3.63) is 12.7 Å². The quantitative estimate of drug-likeness (QED) is 0.622. The highest BCUT2D eigenvalue weighted by molar-refractivity contribution is 5.68.